The molecular formula is C13H19ClN2O2. The Morgan fingerprint density at radius 1 is 1.28 bits per heavy atom. The number of aliphatic hydroxyl groups is 1. The molecule has 0 aliphatic carbocycles. The first-order valence-corrected chi connectivity index (χ1v) is 6.61. The van der Waals surface area contributed by atoms with Crippen LogP contribution in [0.25, 0.3) is 0 Å². The van der Waals surface area contributed by atoms with E-state index in [1.807, 2.05) is 12.1 Å². The van der Waals surface area contributed by atoms with Crippen LogP contribution in [0, 0.1) is 0 Å². The van der Waals surface area contributed by atoms with Crippen molar-refractivity contribution in [1.29, 1.82) is 0 Å². The first-order valence-electron chi connectivity index (χ1n) is 6.23. The van der Waals surface area contributed by atoms with E-state index in [-0.39, 0.29) is 12.6 Å². The molecule has 1 heterocycles. The minimum atomic E-state index is 0.0581. The van der Waals surface area contributed by atoms with Gasteiger partial charge >= 0.3 is 0 Å². The van der Waals surface area contributed by atoms with Gasteiger partial charge in [-0.25, -0.2) is 0 Å². The Hall–Kier alpha value is -0.810. The molecule has 1 atom stereocenters. The molecule has 1 aromatic rings. The Kier molecular flexibility index (Phi) is 5.26. The molecule has 5 heteroatoms. The van der Waals surface area contributed by atoms with Crippen molar-refractivity contribution in [2.24, 2.45) is 0 Å². The second-order valence-electron chi connectivity index (χ2n) is 4.39. The van der Waals surface area contributed by atoms with Gasteiger partial charge in [-0.2, -0.15) is 0 Å². The van der Waals surface area contributed by atoms with Crippen molar-refractivity contribution in [2.75, 3.05) is 39.4 Å². The molecule has 1 aliphatic rings. The lowest BCUT2D eigenvalue weighted by molar-refractivity contribution is 0.0735. The monoisotopic (exact) mass is 270 g/mol. The molecule has 0 spiro atoms. The maximum absolute atomic E-state index is 9.44. The zero-order valence-corrected chi connectivity index (χ0v) is 11.1. The largest absolute Gasteiger partial charge is 0.492 e. The van der Waals surface area contributed by atoms with Gasteiger partial charge in [0, 0.05) is 31.2 Å². The van der Waals surface area contributed by atoms with Crippen molar-refractivity contribution in [1.82, 2.24) is 10.2 Å². The molecule has 1 aliphatic heterocycles. The fourth-order valence-electron chi connectivity index (χ4n) is 2.04. The maximum Gasteiger partial charge on any atom is 0.119 e. The molecule has 18 heavy (non-hydrogen) atoms. The summed E-state index contributed by atoms with van der Waals surface area (Å²) in [5.41, 5.74) is 0. The van der Waals surface area contributed by atoms with Crippen molar-refractivity contribution in [2.45, 2.75) is 6.04 Å². The van der Waals surface area contributed by atoms with Crippen molar-refractivity contribution < 1.29 is 9.84 Å². The van der Waals surface area contributed by atoms with Crippen molar-refractivity contribution in [3.05, 3.63) is 29.3 Å². The molecule has 0 saturated carbocycles. The molecule has 1 unspecified atom stereocenters. The van der Waals surface area contributed by atoms with Gasteiger partial charge in [-0.1, -0.05) is 11.6 Å². The summed E-state index contributed by atoms with van der Waals surface area (Å²) in [5, 5.41) is 13.4. The fourth-order valence-corrected chi connectivity index (χ4v) is 2.17. The predicted molar refractivity (Wildman–Crippen MR) is 72.3 cm³/mol. The van der Waals surface area contributed by atoms with E-state index in [2.05, 4.69) is 10.2 Å². The average Bonchev–Trinajstić information content (AvgIpc) is 2.43. The van der Waals surface area contributed by atoms with Crippen molar-refractivity contribution in [3.8, 4) is 5.75 Å². The molecule has 2 N–H and O–H groups in total. The third-order valence-corrected chi connectivity index (χ3v) is 3.39. The molecule has 4 nitrogen and oxygen atoms in total. The normalized spacial score (nSPS) is 18.6. The quantitative estimate of drug-likeness (QED) is 0.838. The van der Waals surface area contributed by atoms with Crippen LogP contribution in [0.1, 0.15) is 0 Å². The highest BCUT2D eigenvalue weighted by Gasteiger charge is 2.20. The maximum atomic E-state index is 9.44. The summed E-state index contributed by atoms with van der Waals surface area (Å²) in [5.74, 6) is 0.785. The number of hydrogen-bond acceptors (Lipinski definition) is 4. The number of nitrogens with one attached hydrogen (secondary N) is 1. The topological polar surface area (TPSA) is 44.7 Å². The van der Waals surface area contributed by atoms with Crippen LogP contribution in [0.2, 0.25) is 5.02 Å². The van der Waals surface area contributed by atoms with E-state index in [0.29, 0.717) is 11.6 Å². The van der Waals surface area contributed by atoms with Crippen molar-refractivity contribution in [3.63, 3.8) is 0 Å². The van der Waals surface area contributed by atoms with E-state index in [4.69, 9.17) is 16.3 Å². The van der Waals surface area contributed by atoms with Crippen LogP contribution in [-0.4, -0.2) is 55.4 Å². The minimum Gasteiger partial charge on any atom is -0.492 e. The van der Waals surface area contributed by atoms with Crippen LogP contribution in [0.5, 0.6) is 5.75 Å². The van der Waals surface area contributed by atoms with Gasteiger partial charge in [0.2, 0.25) is 0 Å². The third-order valence-electron chi connectivity index (χ3n) is 3.13. The summed E-state index contributed by atoms with van der Waals surface area (Å²) < 4.78 is 5.69. The van der Waals surface area contributed by atoms with Crippen LogP contribution in [0.3, 0.4) is 0 Å². The Labute approximate surface area is 113 Å². The van der Waals surface area contributed by atoms with Gasteiger partial charge < -0.3 is 15.2 Å². The predicted octanol–water partition coefficient (Wildman–Crippen LogP) is 0.985. The molecule has 0 amide bonds. The number of ether oxygens (including phenoxy) is 1. The highest BCUT2D eigenvalue weighted by atomic mass is 35.5. The van der Waals surface area contributed by atoms with Gasteiger partial charge in [0.1, 0.15) is 12.4 Å². The lowest BCUT2D eigenvalue weighted by Gasteiger charge is -2.33. The van der Waals surface area contributed by atoms with E-state index in [9.17, 15) is 5.11 Å². The molecule has 0 radical (unpaired) electrons. The Morgan fingerprint density at radius 3 is 2.56 bits per heavy atom. The lowest BCUT2D eigenvalue weighted by atomic mass is 10.2. The Morgan fingerprint density at radius 2 is 1.94 bits per heavy atom. The Balaban J connectivity index is 1.84. The van der Waals surface area contributed by atoms with Crippen molar-refractivity contribution >= 4 is 11.6 Å². The molecule has 1 fully saturated rings. The summed E-state index contributed by atoms with van der Waals surface area (Å²) in [4.78, 5) is 2.26. The summed E-state index contributed by atoms with van der Waals surface area (Å²) >= 11 is 5.81. The molecule has 0 bridgehead atoms. The first kappa shape index (κ1) is 13.6. The molecule has 0 aromatic heterocycles. The number of piperazine rings is 1. The minimum absolute atomic E-state index is 0.0581. The van der Waals surface area contributed by atoms with E-state index in [1.165, 1.54) is 0 Å². The van der Waals surface area contributed by atoms with Crippen LogP contribution >= 0.6 is 11.6 Å². The smallest absolute Gasteiger partial charge is 0.119 e. The van der Waals surface area contributed by atoms with Crippen LogP contribution in [0.4, 0.5) is 0 Å². The van der Waals surface area contributed by atoms with Gasteiger partial charge in [0.15, 0.2) is 0 Å². The van der Waals surface area contributed by atoms with Crippen LogP contribution in [-0.2, 0) is 0 Å². The molecule has 100 valence electrons. The number of hydrogen-bond donors (Lipinski definition) is 2. The van der Waals surface area contributed by atoms with Gasteiger partial charge in [-0.15, -0.1) is 0 Å². The number of aliphatic hydroxyl groups excluding tert-OH is 1. The zero-order chi connectivity index (χ0) is 12.8. The van der Waals surface area contributed by atoms with Gasteiger partial charge in [-0.3, -0.25) is 4.90 Å². The van der Waals surface area contributed by atoms with E-state index < -0.39 is 0 Å². The van der Waals surface area contributed by atoms with Gasteiger partial charge in [-0.05, 0) is 24.3 Å². The summed E-state index contributed by atoms with van der Waals surface area (Å²) in [7, 11) is 0. The average molecular weight is 271 g/mol. The summed E-state index contributed by atoms with van der Waals surface area (Å²) in [6, 6.07) is 7.34. The second kappa shape index (κ2) is 6.95. The number of benzene rings is 1. The molecule has 1 aromatic carbocycles. The summed E-state index contributed by atoms with van der Waals surface area (Å²) in [6.07, 6.45) is 0. The molecule has 2 rings (SSSR count). The molecular weight excluding hydrogens is 252 g/mol. The Bertz CT molecular complexity index is 353. The highest BCUT2D eigenvalue weighted by Crippen LogP contribution is 2.16. The number of nitrogens with zero attached hydrogens (tertiary/aromatic N) is 1. The number of rotatable bonds is 5. The molecule has 1 saturated heterocycles. The highest BCUT2D eigenvalue weighted by molar-refractivity contribution is 6.30. The van der Waals surface area contributed by atoms with Crippen LogP contribution in [0.15, 0.2) is 24.3 Å². The van der Waals surface area contributed by atoms with Gasteiger partial charge in [0.25, 0.3) is 0 Å². The number of halogens is 1. The van der Waals surface area contributed by atoms with Gasteiger partial charge in [0.05, 0.1) is 12.6 Å². The van der Waals surface area contributed by atoms with Crippen LogP contribution < -0.4 is 10.1 Å². The SMILES string of the molecule is OCC(COc1ccc(Cl)cc1)N1CCNCC1. The summed E-state index contributed by atoms with van der Waals surface area (Å²) in [6.45, 7) is 4.46. The second-order valence-corrected chi connectivity index (χ2v) is 4.82. The zero-order valence-electron chi connectivity index (χ0n) is 10.3. The third kappa shape index (κ3) is 3.85. The standard InChI is InChI=1S/C13H19ClN2O2/c14-11-1-3-13(4-2-11)18-10-12(9-17)16-7-5-15-6-8-16/h1-4,12,15,17H,5-10H2. The lowest BCUT2D eigenvalue weighted by Crippen LogP contribution is -2.51. The fraction of sp³-hybridized carbons (Fsp3) is 0.538. The van der Waals surface area contributed by atoms with E-state index >= 15 is 0 Å². The van der Waals surface area contributed by atoms with E-state index in [0.717, 1.165) is 31.9 Å². The van der Waals surface area contributed by atoms with E-state index in [1.54, 1.807) is 12.1 Å². The first-order chi connectivity index (χ1) is 8.79.